The topological polar surface area (TPSA) is 70.6 Å². The number of ether oxygens (including phenoxy) is 1. The Morgan fingerprint density at radius 3 is 2.55 bits per heavy atom. The molecule has 7 nitrogen and oxygen atoms in total. The number of carbonyl (C=O) groups is 1. The monoisotopic (exact) mass is 485 g/mol. The number of nitrogens with one attached hydrogen (secondary N) is 1. The van der Waals surface area contributed by atoms with Crippen molar-refractivity contribution in [3.05, 3.63) is 70.5 Å². The van der Waals surface area contributed by atoms with Crippen LogP contribution in [-0.4, -0.2) is 66.0 Å². The molecule has 0 bridgehead atoms. The van der Waals surface area contributed by atoms with Crippen molar-refractivity contribution in [2.75, 3.05) is 50.8 Å². The fourth-order valence-corrected chi connectivity index (χ4v) is 4.44. The van der Waals surface area contributed by atoms with Crippen LogP contribution >= 0.6 is 23.1 Å². The minimum Gasteiger partial charge on any atom is -0.484 e. The molecule has 0 unspecified atom stereocenters. The third kappa shape index (κ3) is 7.15. The molecule has 0 aliphatic carbocycles. The van der Waals surface area contributed by atoms with Crippen molar-refractivity contribution in [1.29, 1.82) is 0 Å². The number of hydrogen-bond donors (Lipinski definition) is 1. The van der Waals surface area contributed by atoms with Crippen LogP contribution in [0.15, 0.2) is 48.5 Å². The molecule has 1 amide bonds. The standard InChI is InChI=1S/C24H28ClN5O2S/c1-18-2-4-19(5-3-18)16-22-27-24(33-28-22)30-14-12-29(13-15-30)11-10-26-23(31)17-32-21-8-6-20(25)7-9-21/h2-9H,10-17H2,1H3,(H,26,31). The summed E-state index contributed by atoms with van der Waals surface area (Å²) < 4.78 is 10.0. The van der Waals surface area contributed by atoms with Crippen LogP contribution < -0.4 is 15.0 Å². The van der Waals surface area contributed by atoms with Crippen LogP contribution in [0.4, 0.5) is 5.13 Å². The Kier molecular flexibility index (Phi) is 8.15. The van der Waals surface area contributed by atoms with E-state index in [1.165, 1.54) is 22.7 Å². The van der Waals surface area contributed by atoms with Crippen LogP contribution in [0.1, 0.15) is 17.0 Å². The van der Waals surface area contributed by atoms with Crippen molar-refractivity contribution < 1.29 is 9.53 Å². The molecule has 0 saturated carbocycles. The third-order valence-electron chi connectivity index (χ3n) is 5.52. The summed E-state index contributed by atoms with van der Waals surface area (Å²) in [6.45, 7) is 7.19. The second-order valence-electron chi connectivity index (χ2n) is 8.08. The molecular weight excluding hydrogens is 458 g/mol. The first-order valence-corrected chi connectivity index (χ1v) is 12.2. The van der Waals surface area contributed by atoms with E-state index in [2.05, 4.69) is 50.7 Å². The zero-order chi connectivity index (χ0) is 23.0. The lowest BCUT2D eigenvalue weighted by molar-refractivity contribution is -0.123. The molecule has 174 valence electrons. The van der Waals surface area contributed by atoms with Gasteiger partial charge in [0.2, 0.25) is 5.13 Å². The van der Waals surface area contributed by atoms with Gasteiger partial charge in [-0.2, -0.15) is 4.37 Å². The zero-order valence-electron chi connectivity index (χ0n) is 18.7. The first-order valence-electron chi connectivity index (χ1n) is 11.1. The molecule has 1 aliphatic rings. The maximum atomic E-state index is 12.0. The largest absolute Gasteiger partial charge is 0.484 e. The Morgan fingerprint density at radius 2 is 1.82 bits per heavy atom. The quantitative estimate of drug-likeness (QED) is 0.501. The van der Waals surface area contributed by atoms with Crippen LogP contribution in [-0.2, 0) is 11.2 Å². The van der Waals surface area contributed by atoms with Gasteiger partial charge >= 0.3 is 0 Å². The summed E-state index contributed by atoms with van der Waals surface area (Å²) in [5, 5.41) is 4.55. The van der Waals surface area contributed by atoms with Crippen LogP contribution in [0, 0.1) is 6.92 Å². The summed E-state index contributed by atoms with van der Waals surface area (Å²) in [4.78, 5) is 21.4. The highest BCUT2D eigenvalue weighted by atomic mass is 35.5. The zero-order valence-corrected chi connectivity index (χ0v) is 20.2. The minimum absolute atomic E-state index is 0.00260. The fraction of sp³-hybridized carbons (Fsp3) is 0.375. The Balaban J connectivity index is 1.14. The maximum absolute atomic E-state index is 12.0. The molecule has 1 saturated heterocycles. The normalized spacial score (nSPS) is 14.3. The molecule has 0 atom stereocenters. The summed E-state index contributed by atoms with van der Waals surface area (Å²) in [6, 6.07) is 15.5. The highest BCUT2D eigenvalue weighted by Crippen LogP contribution is 2.20. The summed E-state index contributed by atoms with van der Waals surface area (Å²) >= 11 is 7.32. The van der Waals surface area contributed by atoms with E-state index in [-0.39, 0.29) is 12.5 Å². The van der Waals surface area contributed by atoms with E-state index >= 15 is 0 Å². The SMILES string of the molecule is Cc1ccc(Cc2nsc(N3CCN(CCNC(=O)COc4ccc(Cl)cc4)CC3)n2)cc1. The number of benzene rings is 2. The van der Waals surface area contributed by atoms with Crippen molar-refractivity contribution in [1.82, 2.24) is 19.6 Å². The highest BCUT2D eigenvalue weighted by Gasteiger charge is 2.20. The van der Waals surface area contributed by atoms with E-state index in [1.54, 1.807) is 24.3 Å². The number of nitrogens with zero attached hydrogens (tertiary/aromatic N) is 4. The van der Waals surface area contributed by atoms with E-state index in [9.17, 15) is 4.79 Å². The predicted octanol–water partition coefficient (Wildman–Crippen LogP) is 3.41. The van der Waals surface area contributed by atoms with E-state index in [4.69, 9.17) is 21.3 Å². The van der Waals surface area contributed by atoms with Gasteiger partial charge in [-0.3, -0.25) is 9.69 Å². The number of anilines is 1. The van der Waals surface area contributed by atoms with Crippen molar-refractivity contribution in [2.24, 2.45) is 0 Å². The Morgan fingerprint density at radius 1 is 1.09 bits per heavy atom. The fourth-order valence-electron chi connectivity index (χ4n) is 3.58. The van der Waals surface area contributed by atoms with Gasteiger partial charge in [-0.25, -0.2) is 4.98 Å². The molecule has 1 fully saturated rings. The Labute approximate surface area is 203 Å². The van der Waals surface area contributed by atoms with Gasteiger partial charge in [-0.1, -0.05) is 41.4 Å². The molecular formula is C24H28ClN5O2S. The van der Waals surface area contributed by atoms with Gasteiger partial charge in [0.1, 0.15) is 11.6 Å². The summed E-state index contributed by atoms with van der Waals surface area (Å²) in [5.74, 6) is 1.38. The number of halogens is 1. The molecule has 2 heterocycles. The molecule has 1 N–H and O–H groups in total. The molecule has 33 heavy (non-hydrogen) atoms. The predicted molar refractivity (Wildman–Crippen MR) is 133 cm³/mol. The van der Waals surface area contributed by atoms with Gasteiger partial charge < -0.3 is 15.0 Å². The molecule has 0 radical (unpaired) electrons. The summed E-state index contributed by atoms with van der Waals surface area (Å²) in [7, 11) is 0. The lowest BCUT2D eigenvalue weighted by Crippen LogP contribution is -2.48. The van der Waals surface area contributed by atoms with Crippen LogP contribution in [0.2, 0.25) is 5.02 Å². The van der Waals surface area contributed by atoms with Gasteiger partial charge in [0.15, 0.2) is 6.61 Å². The first-order chi connectivity index (χ1) is 16.0. The van der Waals surface area contributed by atoms with Gasteiger partial charge in [-0.05, 0) is 36.8 Å². The van der Waals surface area contributed by atoms with Crippen molar-refractivity contribution >= 4 is 34.2 Å². The minimum atomic E-state index is -0.126. The molecule has 3 aromatic rings. The lowest BCUT2D eigenvalue weighted by atomic mass is 10.1. The van der Waals surface area contributed by atoms with E-state index in [1.807, 2.05) is 0 Å². The Hall–Kier alpha value is -2.68. The second kappa shape index (κ2) is 11.4. The number of rotatable bonds is 9. The van der Waals surface area contributed by atoms with Gasteiger partial charge in [-0.15, -0.1) is 0 Å². The highest BCUT2D eigenvalue weighted by molar-refractivity contribution is 7.09. The van der Waals surface area contributed by atoms with Crippen LogP contribution in [0.25, 0.3) is 0 Å². The van der Waals surface area contributed by atoms with Crippen molar-refractivity contribution in [2.45, 2.75) is 13.3 Å². The molecule has 9 heteroatoms. The summed E-state index contributed by atoms with van der Waals surface area (Å²) in [6.07, 6.45) is 0.762. The van der Waals surface area contributed by atoms with E-state index in [0.29, 0.717) is 17.3 Å². The van der Waals surface area contributed by atoms with Crippen LogP contribution in [0.5, 0.6) is 5.75 Å². The second-order valence-corrected chi connectivity index (χ2v) is 9.24. The van der Waals surface area contributed by atoms with Crippen molar-refractivity contribution in [3.8, 4) is 5.75 Å². The molecule has 1 aliphatic heterocycles. The number of hydrogen-bond acceptors (Lipinski definition) is 7. The van der Waals surface area contributed by atoms with Gasteiger partial charge in [0.05, 0.1) is 0 Å². The molecule has 2 aromatic carbocycles. The number of carbonyl (C=O) groups excluding carboxylic acids is 1. The van der Waals surface area contributed by atoms with Crippen LogP contribution in [0.3, 0.4) is 0 Å². The van der Waals surface area contributed by atoms with E-state index in [0.717, 1.165) is 50.1 Å². The average Bonchev–Trinajstić information content (AvgIpc) is 3.29. The number of aromatic nitrogens is 2. The number of piperazine rings is 1. The smallest absolute Gasteiger partial charge is 0.257 e. The third-order valence-corrected chi connectivity index (χ3v) is 6.58. The maximum Gasteiger partial charge on any atom is 0.257 e. The molecule has 1 aromatic heterocycles. The molecule has 4 rings (SSSR count). The molecule has 0 spiro atoms. The van der Waals surface area contributed by atoms with Crippen molar-refractivity contribution in [3.63, 3.8) is 0 Å². The average molecular weight is 486 g/mol. The Bertz CT molecular complexity index is 1030. The van der Waals surface area contributed by atoms with E-state index < -0.39 is 0 Å². The lowest BCUT2D eigenvalue weighted by Gasteiger charge is -2.34. The summed E-state index contributed by atoms with van der Waals surface area (Å²) in [5.41, 5.74) is 2.49. The van der Waals surface area contributed by atoms with Gasteiger partial charge in [0, 0.05) is 62.2 Å². The first kappa shape index (κ1) is 23.5. The number of aryl methyl sites for hydroxylation is 1. The number of amides is 1. The van der Waals surface area contributed by atoms with Gasteiger partial charge in [0.25, 0.3) is 5.91 Å².